The molecular formula is C80H74F24N10O10. The summed E-state index contributed by atoms with van der Waals surface area (Å²) < 4.78 is 343. The molecule has 5 aliphatic heterocycles. The number of H-pyrrole nitrogens is 5. The van der Waals surface area contributed by atoms with Crippen molar-refractivity contribution in [2.45, 2.75) is 153 Å². The number of alkyl halides is 24. The van der Waals surface area contributed by atoms with Crippen molar-refractivity contribution >= 4 is 83.0 Å². The van der Waals surface area contributed by atoms with Gasteiger partial charge in [-0.25, -0.2) is 0 Å². The molecule has 5 N–H and O–H groups in total. The number of fused-ring (bicyclic) bond motifs is 10. The van der Waals surface area contributed by atoms with Crippen LogP contribution in [0.15, 0.2) is 115 Å². The fraction of sp³-hybridized carbons (Fsp3) is 0.438. The molecule has 1 fully saturated rings. The Hall–Kier alpha value is -11.5. The zero-order valence-electron chi connectivity index (χ0n) is 65.6. The van der Waals surface area contributed by atoms with Crippen molar-refractivity contribution in [3.8, 4) is 28.7 Å². The van der Waals surface area contributed by atoms with Gasteiger partial charge in [0.2, 0.25) is 27.8 Å². The Balaban J connectivity index is 0.000000142. The minimum atomic E-state index is -5.13. The second-order valence-corrected chi connectivity index (χ2v) is 30.0. The van der Waals surface area contributed by atoms with E-state index in [1.165, 1.54) is 36.4 Å². The van der Waals surface area contributed by atoms with E-state index in [9.17, 15) is 129 Å². The van der Waals surface area contributed by atoms with Gasteiger partial charge < -0.3 is 73.1 Å². The van der Waals surface area contributed by atoms with Gasteiger partial charge in [-0.15, -0.1) is 0 Å². The summed E-state index contributed by atoms with van der Waals surface area (Å²) in [7, 11) is 0. The van der Waals surface area contributed by atoms with Crippen molar-refractivity contribution in [2.24, 2.45) is 5.92 Å². The predicted molar refractivity (Wildman–Crippen MR) is 410 cm³/mol. The topological polar surface area (TPSA) is 227 Å². The van der Waals surface area contributed by atoms with Crippen LogP contribution < -0.4 is 76.0 Å². The number of hydrogen-bond donors (Lipinski definition) is 5. The minimum Gasteiger partial charge on any atom is -0.489 e. The summed E-state index contributed by atoms with van der Waals surface area (Å²) in [4.78, 5) is 76.4. The molecule has 0 spiro atoms. The van der Waals surface area contributed by atoms with E-state index in [2.05, 4.69) is 36.7 Å². The second kappa shape index (κ2) is 34.2. The fourth-order valence-electron chi connectivity index (χ4n) is 15.3. The van der Waals surface area contributed by atoms with Gasteiger partial charge in [0.25, 0.3) is 0 Å². The molecule has 16 rings (SSSR count). The summed E-state index contributed by atoms with van der Waals surface area (Å²) in [5.74, 6) is 1.62. The summed E-state index contributed by atoms with van der Waals surface area (Å²) in [6, 6.07) is 11.8. The van der Waals surface area contributed by atoms with Crippen LogP contribution in [0.3, 0.4) is 0 Å². The number of anilines is 5. The first kappa shape index (κ1) is 91.7. The first-order valence-corrected chi connectivity index (χ1v) is 38.2. The average Bonchev–Trinajstić information content (AvgIpc) is 0.772. The molecule has 672 valence electrons. The molecule has 0 radical (unpaired) electrons. The van der Waals surface area contributed by atoms with Gasteiger partial charge in [0, 0.05) is 107 Å². The third-order valence-corrected chi connectivity index (χ3v) is 21.3. The maximum atomic E-state index is 13.4. The van der Waals surface area contributed by atoms with E-state index in [-0.39, 0.29) is 90.7 Å². The van der Waals surface area contributed by atoms with Gasteiger partial charge in [0.15, 0.2) is 6.04 Å². The number of aromatic nitrogens is 5. The standard InChI is InChI=1S/C18H19F3N2O2.C16H14F6N2O2.C16H17F3N2O2.C15H9F9N2O2.C15H15F3N2O2/c1-2-11-9-25-16-7-14-12(5-15(16)23(11)8-10-3-4-10)13(18(19,20)21)6-17(24)22-14;1-2-8-6-26-13-5-11-9(3-12(13)24(8)7-15(17,18)19)10(16(20,21)22)4-14(25)23-11;1-3-9-8-23-14-7-12-10(5-13(14)21(9)4-2)11(16(17,18)19)6-15(22)20-12;16-13(17,18)5-26-9-1-6-7(14(19,20)21)2-12(27)25-8(6)3-10(9)28-4-11(26)15(22,23)24;1-8(2)20-3-4-22-13-7-11-9(5-12(13)20)10(15(16,17)18)6-14(21)19-11/h5-7,10-11H,2-4,8-9H2,1H3,(H,22,24);3-5,8H,2,6-7H2,1H3,(H,23,25);5-7,9H,3-4,8H2,1-2H3,(H,20,22);1-3,11H,4-5H2,(H,25,27);5-8H,3-4H2,1-2H3,(H,19,21). The Kier molecular flexibility index (Phi) is 25.3. The summed E-state index contributed by atoms with van der Waals surface area (Å²) in [6.45, 7) is 10.6. The Labute approximate surface area is 683 Å². The maximum absolute atomic E-state index is 13.4. The van der Waals surface area contributed by atoms with Gasteiger partial charge in [0.1, 0.15) is 74.9 Å². The first-order chi connectivity index (χ1) is 57.6. The number of ether oxygens (including phenoxy) is 5. The highest BCUT2D eigenvalue weighted by molar-refractivity contribution is 5.94. The van der Waals surface area contributed by atoms with Crippen molar-refractivity contribution in [3.63, 3.8) is 0 Å². The molecule has 10 heterocycles. The van der Waals surface area contributed by atoms with Crippen molar-refractivity contribution < 1.29 is 129 Å². The number of likely N-dealkylation sites (N-methyl/N-ethyl adjacent to an activating group) is 1. The quantitative estimate of drug-likeness (QED) is 0.0847. The molecule has 4 unspecified atom stereocenters. The van der Waals surface area contributed by atoms with Gasteiger partial charge >= 0.3 is 49.4 Å². The molecule has 0 saturated heterocycles. The number of halogens is 24. The van der Waals surface area contributed by atoms with Crippen LogP contribution in [-0.2, 0) is 30.9 Å². The number of aromatic amines is 5. The van der Waals surface area contributed by atoms with Gasteiger partial charge in [0.05, 0.1) is 109 Å². The number of nitrogens with one attached hydrogen (secondary N) is 5. The smallest absolute Gasteiger partial charge is 0.417 e. The van der Waals surface area contributed by atoms with E-state index in [0.29, 0.717) is 110 Å². The predicted octanol–water partition coefficient (Wildman–Crippen LogP) is 19.0. The van der Waals surface area contributed by atoms with Crippen LogP contribution in [0.5, 0.6) is 28.7 Å². The molecule has 1 saturated carbocycles. The SMILES string of the molecule is CC(C)N1CCOc2cc3[nH]c(=O)cc(C(F)(F)F)c3cc21.CCC1COc2cc3[nH]c(=O)cc(C(F)(F)F)c3cc2N1CC.CCC1COc2cc3[nH]c(=O)cc(C(F)(F)F)c3cc2N1CC(F)(F)F.CCC1COc2cc3[nH]c(=O)cc(C(F)(F)F)c3cc2N1CC1CC1.O=c1cc(C(F)(F)F)c2cc3c(cc2[nH]1)OCC(C(F)(F)F)N3CC(F)(F)F. The highest BCUT2D eigenvalue weighted by Gasteiger charge is 2.51. The van der Waals surface area contributed by atoms with Crippen LogP contribution in [0.4, 0.5) is 134 Å². The molecule has 5 aromatic carbocycles. The molecule has 1 aliphatic carbocycles. The third kappa shape index (κ3) is 20.3. The van der Waals surface area contributed by atoms with E-state index >= 15 is 0 Å². The minimum absolute atomic E-state index is 0.00132. The molecule has 4 atom stereocenters. The molecule has 44 heteroatoms. The summed E-state index contributed by atoms with van der Waals surface area (Å²) in [6.07, 6.45) is -34.0. The van der Waals surface area contributed by atoms with Crippen molar-refractivity contribution in [1.82, 2.24) is 24.9 Å². The monoisotopic (exact) mass is 1790 g/mol. The molecule has 5 aromatic heterocycles. The van der Waals surface area contributed by atoms with Crippen molar-refractivity contribution in [3.05, 3.63) is 171 Å². The Bertz CT molecular complexity index is 5970. The van der Waals surface area contributed by atoms with Crippen LogP contribution in [0.1, 0.15) is 101 Å². The van der Waals surface area contributed by atoms with Gasteiger partial charge in [-0.05, 0) is 89.1 Å². The van der Waals surface area contributed by atoms with Crippen LogP contribution in [-0.4, -0.2) is 139 Å². The lowest BCUT2D eigenvalue weighted by Crippen LogP contribution is -2.54. The van der Waals surface area contributed by atoms with Crippen LogP contribution >= 0.6 is 0 Å². The average molecular weight is 1790 g/mol. The zero-order chi connectivity index (χ0) is 91.0. The van der Waals surface area contributed by atoms with E-state index in [1.807, 2.05) is 37.5 Å². The largest absolute Gasteiger partial charge is 0.489 e. The highest BCUT2D eigenvalue weighted by atomic mass is 19.4. The van der Waals surface area contributed by atoms with Crippen LogP contribution in [0, 0.1) is 5.92 Å². The molecule has 124 heavy (non-hydrogen) atoms. The van der Waals surface area contributed by atoms with Gasteiger partial charge in [-0.1, -0.05) is 20.8 Å². The van der Waals surface area contributed by atoms with Crippen molar-refractivity contribution in [1.29, 1.82) is 0 Å². The highest BCUT2D eigenvalue weighted by Crippen LogP contribution is 2.50. The lowest BCUT2D eigenvalue weighted by Gasteiger charge is -2.39. The zero-order valence-corrected chi connectivity index (χ0v) is 65.6. The number of rotatable bonds is 9. The summed E-state index contributed by atoms with van der Waals surface area (Å²) in [5, 5.41) is -1.18. The Morgan fingerprint density at radius 1 is 0.347 bits per heavy atom. The van der Waals surface area contributed by atoms with Crippen molar-refractivity contribution in [2.75, 3.05) is 90.3 Å². The normalized spacial score (nSPS) is 18.0. The second-order valence-electron chi connectivity index (χ2n) is 30.0. The number of pyridine rings is 5. The molecule has 6 aliphatic rings. The molecular weight excluding hydrogens is 1720 g/mol. The van der Waals surface area contributed by atoms with Crippen LogP contribution in [0.25, 0.3) is 54.5 Å². The molecule has 0 amide bonds. The molecule has 20 nitrogen and oxygen atoms in total. The lowest BCUT2D eigenvalue weighted by molar-refractivity contribution is -0.166. The van der Waals surface area contributed by atoms with E-state index in [1.54, 1.807) is 6.92 Å². The third-order valence-electron chi connectivity index (χ3n) is 21.3. The Morgan fingerprint density at radius 3 is 0.911 bits per heavy atom. The van der Waals surface area contributed by atoms with E-state index < -0.39 is 159 Å². The van der Waals surface area contributed by atoms with E-state index in [0.717, 1.165) is 55.3 Å². The molecule has 10 aromatic rings. The number of hydrogen-bond acceptors (Lipinski definition) is 15. The first-order valence-electron chi connectivity index (χ1n) is 38.2. The van der Waals surface area contributed by atoms with Gasteiger partial charge in [-0.2, -0.15) is 105 Å². The number of benzene rings is 5. The summed E-state index contributed by atoms with van der Waals surface area (Å²) in [5.41, 5.74) is -8.99. The molecule has 0 bridgehead atoms. The maximum Gasteiger partial charge on any atom is 0.417 e. The lowest BCUT2D eigenvalue weighted by atomic mass is 10.0. The number of nitrogens with zero attached hydrogens (tertiary/aromatic N) is 5. The fourth-order valence-corrected chi connectivity index (χ4v) is 15.3. The summed E-state index contributed by atoms with van der Waals surface area (Å²) >= 11 is 0. The Morgan fingerprint density at radius 2 is 0.621 bits per heavy atom. The van der Waals surface area contributed by atoms with Gasteiger partial charge in [-0.3, -0.25) is 24.0 Å². The van der Waals surface area contributed by atoms with E-state index in [4.69, 9.17) is 23.7 Å². The van der Waals surface area contributed by atoms with Crippen LogP contribution in [0.2, 0.25) is 0 Å².